The van der Waals surface area contributed by atoms with Gasteiger partial charge in [0.15, 0.2) is 0 Å². The molecule has 0 aliphatic carbocycles. The Labute approximate surface area is 90.2 Å². The van der Waals surface area contributed by atoms with Gasteiger partial charge in [0.25, 0.3) is 5.91 Å². The number of nitrogens with zero attached hydrogens (tertiary/aromatic N) is 1. The fourth-order valence-electron chi connectivity index (χ4n) is 0.763. The second kappa shape index (κ2) is 4.49. The maximum absolute atomic E-state index is 11.2. The van der Waals surface area contributed by atoms with E-state index in [9.17, 15) is 4.79 Å². The summed E-state index contributed by atoms with van der Waals surface area (Å²) < 4.78 is 0. The molecule has 0 radical (unpaired) electrons. The molecule has 0 aliphatic heterocycles. The van der Waals surface area contributed by atoms with Crippen molar-refractivity contribution in [3.8, 4) is 0 Å². The Morgan fingerprint density at radius 2 is 2.15 bits per heavy atom. The van der Waals surface area contributed by atoms with Crippen LogP contribution in [0, 0.1) is 0 Å². The summed E-state index contributed by atoms with van der Waals surface area (Å²) >= 11 is 15.7. The lowest BCUT2D eigenvalue weighted by Gasteiger charge is -1.97. The molecule has 0 saturated heterocycles. The highest BCUT2D eigenvalue weighted by Crippen LogP contribution is 2.21. The summed E-state index contributed by atoms with van der Waals surface area (Å²) in [4.78, 5) is 14.5. The van der Waals surface area contributed by atoms with Crippen molar-refractivity contribution in [2.24, 2.45) is 4.99 Å². The first-order valence-corrected chi connectivity index (χ1v) is 4.39. The lowest BCUT2D eigenvalue weighted by molar-refractivity contribution is 0.100. The summed E-state index contributed by atoms with van der Waals surface area (Å²) in [6.45, 7) is 0. The zero-order valence-electron chi connectivity index (χ0n) is 6.25. The number of amides is 1. The van der Waals surface area contributed by atoms with Gasteiger partial charge in [-0.2, -0.15) is 4.99 Å². The van der Waals surface area contributed by atoms with Gasteiger partial charge in [-0.05, 0) is 30.4 Å². The first-order chi connectivity index (χ1) is 6.15. The van der Waals surface area contributed by atoms with Gasteiger partial charge >= 0.3 is 0 Å². The summed E-state index contributed by atoms with van der Waals surface area (Å²) in [5.74, 6) is -0.539. The van der Waals surface area contributed by atoms with Crippen LogP contribution in [-0.4, -0.2) is 11.1 Å². The van der Waals surface area contributed by atoms with E-state index in [0.29, 0.717) is 10.0 Å². The normalized spacial score (nSPS) is 9.08. The van der Waals surface area contributed by atoms with E-state index in [1.807, 2.05) is 5.16 Å². The third kappa shape index (κ3) is 2.61. The molecule has 0 spiro atoms. The summed E-state index contributed by atoms with van der Waals surface area (Å²) in [5.41, 5.74) is 0.228. The van der Waals surface area contributed by atoms with Crippen LogP contribution >= 0.6 is 35.4 Å². The van der Waals surface area contributed by atoms with Crippen LogP contribution < -0.4 is 0 Å². The first kappa shape index (κ1) is 10.4. The van der Waals surface area contributed by atoms with E-state index in [0.717, 1.165) is 0 Å². The molecule has 0 heterocycles. The van der Waals surface area contributed by atoms with Crippen molar-refractivity contribution in [2.75, 3.05) is 0 Å². The number of hydrogen-bond donors (Lipinski definition) is 0. The van der Waals surface area contributed by atoms with E-state index in [1.165, 1.54) is 12.1 Å². The molecule has 0 fully saturated rings. The van der Waals surface area contributed by atoms with Gasteiger partial charge in [0.2, 0.25) is 0 Å². The topological polar surface area (TPSA) is 29.4 Å². The van der Waals surface area contributed by atoms with Gasteiger partial charge in [0, 0.05) is 5.02 Å². The van der Waals surface area contributed by atoms with Gasteiger partial charge in [-0.25, -0.2) is 0 Å². The molecule has 0 saturated carbocycles. The lowest BCUT2D eigenvalue weighted by atomic mass is 10.2. The summed E-state index contributed by atoms with van der Waals surface area (Å²) in [7, 11) is 0. The fourth-order valence-corrected chi connectivity index (χ4v) is 1.22. The molecular weight excluding hydrogens is 229 g/mol. The van der Waals surface area contributed by atoms with Crippen molar-refractivity contribution >= 4 is 46.5 Å². The van der Waals surface area contributed by atoms with Crippen LogP contribution in [0.25, 0.3) is 0 Å². The summed E-state index contributed by atoms with van der Waals surface area (Å²) in [6.07, 6.45) is 0. The Kier molecular flexibility index (Phi) is 3.58. The zero-order chi connectivity index (χ0) is 9.84. The Balaban J connectivity index is 3.20. The molecule has 0 bridgehead atoms. The van der Waals surface area contributed by atoms with E-state index in [1.54, 1.807) is 6.07 Å². The largest absolute Gasteiger partial charge is 0.287 e. The standard InChI is InChI=1S/C8H3Cl2NOS/c9-5-1-2-7(10)6(3-5)8(12)11-4-13/h1-3H. The maximum Gasteiger partial charge on any atom is 0.287 e. The average Bonchev–Trinajstić information content (AvgIpc) is 2.09. The molecule has 1 aromatic carbocycles. The van der Waals surface area contributed by atoms with Gasteiger partial charge in [-0.15, -0.1) is 0 Å². The fraction of sp³-hybridized carbons (Fsp3) is 0. The van der Waals surface area contributed by atoms with E-state index in [4.69, 9.17) is 23.2 Å². The second-order valence-corrected chi connectivity index (χ2v) is 3.16. The minimum absolute atomic E-state index is 0.228. The Morgan fingerprint density at radius 1 is 1.46 bits per heavy atom. The molecule has 1 amide bonds. The molecule has 5 heteroatoms. The molecule has 0 aliphatic rings. The number of isothiocyanates is 1. The van der Waals surface area contributed by atoms with E-state index < -0.39 is 5.91 Å². The van der Waals surface area contributed by atoms with Crippen LogP contribution in [0.3, 0.4) is 0 Å². The molecule has 0 unspecified atom stereocenters. The summed E-state index contributed by atoms with van der Waals surface area (Å²) in [6, 6.07) is 4.54. The highest BCUT2D eigenvalue weighted by atomic mass is 35.5. The smallest absolute Gasteiger partial charge is 0.266 e. The first-order valence-electron chi connectivity index (χ1n) is 3.22. The highest BCUT2D eigenvalue weighted by Gasteiger charge is 2.08. The van der Waals surface area contributed by atoms with E-state index >= 15 is 0 Å². The molecular formula is C8H3Cl2NOS. The molecule has 2 nitrogen and oxygen atoms in total. The number of hydrogen-bond acceptors (Lipinski definition) is 2. The van der Waals surface area contributed by atoms with Crippen LogP contribution in [0.4, 0.5) is 0 Å². The number of carbonyl (C=O) groups excluding carboxylic acids is 1. The van der Waals surface area contributed by atoms with E-state index in [2.05, 4.69) is 17.2 Å². The second-order valence-electron chi connectivity index (χ2n) is 2.13. The predicted molar refractivity (Wildman–Crippen MR) is 55.8 cm³/mol. The van der Waals surface area contributed by atoms with Gasteiger partial charge < -0.3 is 0 Å². The number of carbonyl (C=O) groups is 1. The Hall–Kier alpha value is -0.730. The summed E-state index contributed by atoms with van der Waals surface area (Å²) in [5, 5.41) is 2.69. The predicted octanol–water partition coefficient (Wildman–Crippen LogP) is 3.24. The SMILES string of the molecule is O=C(N=C=S)c1cc(Cl)ccc1Cl. The van der Waals surface area contributed by atoms with Crippen molar-refractivity contribution in [3.05, 3.63) is 33.8 Å². The highest BCUT2D eigenvalue weighted by molar-refractivity contribution is 7.78. The van der Waals surface area contributed by atoms with Gasteiger partial charge in [-0.3, -0.25) is 4.79 Å². The van der Waals surface area contributed by atoms with E-state index in [-0.39, 0.29) is 5.56 Å². The van der Waals surface area contributed by atoms with Gasteiger partial charge in [-0.1, -0.05) is 23.2 Å². The van der Waals surface area contributed by atoms with Crippen molar-refractivity contribution in [1.29, 1.82) is 0 Å². The number of benzene rings is 1. The molecule has 1 aromatic rings. The molecule has 66 valence electrons. The molecule has 0 atom stereocenters. The van der Waals surface area contributed by atoms with Crippen LogP contribution in [0.5, 0.6) is 0 Å². The number of halogens is 2. The lowest BCUT2D eigenvalue weighted by Crippen LogP contribution is -1.94. The quantitative estimate of drug-likeness (QED) is 0.549. The Bertz CT molecular complexity index is 399. The minimum atomic E-state index is -0.539. The molecule has 0 N–H and O–H groups in total. The van der Waals surface area contributed by atoms with Crippen molar-refractivity contribution in [3.63, 3.8) is 0 Å². The van der Waals surface area contributed by atoms with Crippen LogP contribution in [0.15, 0.2) is 23.2 Å². The number of rotatable bonds is 1. The number of aliphatic imine (C=N–C) groups is 1. The third-order valence-electron chi connectivity index (χ3n) is 1.31. The van der Waals surface area contributed by atoms with Gasteiger partial charge in [0.05, 0.1) is 15.7 Å². The third-order valence-corrected chi connectivity index (χ3v) is 1.96. The Morgan fingerprint density at radius 3 is 2.77 bits per heavy atom. The van der Waals surface area contributed by atoms with Crippen LogP contribution in [0.2, 0.25) is 10.0 Å². The van der Waals surface area contributed by atoms with Crippen molar-refractivity contribution in [1.82, 2.24) is 0 Å². The molecule has 13 heavy (non-hydrogen) atoms. The molecule has 1 rings (SSSR count). The average molecular weight is 232 g/mol. The van der Waals surface area contributed by atoms with Crippen molar-refractivity contribution in [2.45, 2.75) is 0 Å². The zero-order valence-corrected chi connectivity index (χ0v) is 8.58. The molecule has 0 aromatic heterocycles. The maximum atomic E-state index is 11.2. The number of thiocarbonyl (C=S) groups is 1. The van der Waals surface area contributed by atoms with Crippen LogP contribution in [0.1, 0.15) is 10.4 Å². The minimum Gasteiger partial charge on any atom is -0.266 e. The van der Waals surface area contributed by atoms with Gasteiger partial charge in [0.1, 0.15) is 0 Å². The van der Waals surface area contributed by atoms with Crippen molar-refractivity contribution < 1.29 is 4.79 Å². The monoisotopic (exact) mass is 231 g/mol. The van der Waals surface area contributed by atoms with Crippen LogP contribution in [-0.2, 0) is 0 Å².